The average molecular weight is 288 g/mol. The number of rotatable bonds is 5. The van der Waals surface area contributed by atoms with Crippen molar-refractivity contribution in [3.05, 3.63) is 45.9 Å². The largest absolute Gasteiger partial charge is 0.497 e. The van der Waals surface area contributed by atoms with Crippen LogP contribution in [0, 0.1) is 5.92 Å². The third-order valence-electron chi connectivity index (χ3n) is 3.53. The van der Waals surface area contributed by atoms with Crippen LogP contribution in [0.5, 0.6) is 5.75 Å². The lowest BCUT2D eigenvalue weighted by atomic mass is 9.98. The van der Waals surface area contributed by atoms with Crippen molar-refractivity contribution in [3.8, 4) is 11.4 Å². The summed E-state index contributed by atoms with van der Waals surface area (Å²) < 4.78 is 7.09. The zero-order valence-corrected chi connectivity index (χ0v) is 13.4. The van der Waals surface area contributed by atoms with E-state index in [4.69, 9.17) is 4.74 Å². The summed E-state index contributed by atoms with van der Waals surface area (Å²) in [6.45, 7) is 8.50. The van der Waals surface area contributed by atoms with E-state index in [0.717, 1.165) is 29.1 Å². The van der Waals surface area contributed by atoms with Gasteiger partial charge in [0, 0.05) is 5.56 Å². The van der Waals surface area contributed by atoms with Crippen molar-refractivity contribution in [3.63, 3.8) is 0 Å². The van der Waals surface area contributed by atoms with Crippen LogP contribution in [0.25, 0.3) is 5.69 Å². The first-order chi connectivity index (χ1) is 9.93. The molecule has 0 saturated heterocycles. The van der Waals surface area contributed by atoms with E-state index >= 15 is 0 Å². The molecule has 2 aromatic rings. The quantitative estimate of drug-likeness (QED) is 0.915. The number of aromatic nitrogens is 2. The predicted octanol–water partition coefficient (Wildman–Crippen LogP) is 3.50. The van der Waals surface area contributed by atoms with Gasteiger partial charge in [-0.25, -0.2) is 0 Å². The number of ether oxygens (including phenoxy) is 1. The van der Waals surface area contributed by atoms with Gasteiger partial charge in [-0.1, -0.05) is 27.7 Å². The van der Waals surface area contributed by atoms with E-state index in [1.807, 2.05) is 28.9 Å². The van der Waals surface area contributed by atoms with Crippen LogP contribution >= 0.6 is 0 Å². The molecule has 4 heteroatoms. The summed E-state index contributed by atoms with van der Waals surface area (Å²) in [5.74, 6) is 1.54. The molecule has 0 aliphatic carbocycles. The third-order valence-corrected chi connectivity index (χ3v) is 3.53. The Bertz CT molecular complexity index is 648. The lowest BCUT2D eigenvalue weighted by Gasteiger charge is -2.14. The van der Waals surface area contributed by atoms with Gasteiger partial charge in [-0.15, -0.1) is 0 Å². The summed E-state index contributed by atoms with van der Waals surface area (Å²) in [5, 5.41) is 2.97. The Morgan fingerprint density at radius 2 is 1.76 bits per heavy atom. The highest BCUT2D eigenvalue weighted by molar-refractivity contribution is 5.40. The van der Waals surface area contributed by atoms with Crippen molar-refractivity contribution in [1.29, 1.82) is 0 Å². The number of methoxy groups -OCH3 is 1. The van der Waals surface area contributed by atoms with E-state index in [0.29, 0.717) is 5.92 Å². The molecule has 1 aromatic heterocycles. The smallest absolute Gasteiger partial charge is 0.267 e. The molecular weight excluding hydrogens is 264 g/mol. The van der Waals surface area contributed by atoms with Crippen molar-refractivity contribution in [2.75, 3.05) is 7.11 Å². The van der Waals surface area contributed by atoms with Crippen LogP contribution in [0.2, 0.25) is 0 Å². The fourth-order valence-electron chi connectivity index (χ4n) is 2.63. The molecule has 0 atom stereocenters. The summed E-state index contributed by atoms with van der Waals surface area (Å²) in [4.78, 5) is 12.3. The molecule has 0 spiro atoms. The van der Waals surface area contributed by atoms with Crippen molar-refractivity contribution in [1.82, 2.24) is 9.78 Å². The van der Waals surface area contributed by atoms with Crippen molar-refractivity contribution < 1.29 is 4.74 Å². The van der Waals surface area contributed by atoms with Crippen molar-refractivity contribution in [2.45, 2.75) is 40.0 Å². The molecule has 0 saturated carbocycles. The van der Waals surface area contributed by atoms with Gasteiger partial charge >= 0.3 is 0 Å². The standard InChI is InChI=1S/C17H24N2O2/c1-11(2)10-15-16(12(3)4)19(18-17(15)20)13-6-8-14(21-5)9-7-13/h6-9,11-12H,10H2,1-5H3,(H,18,20). The molecule has 0 fully saturated rings. The van der Waals surface area contributed by atoms with Crippen LogP contribution in [-0.2, 0) is 6.42 Å². The fourth-order valence-corrected chi connectivity index (χ4v) is 2.63. The monoisotopic (exact) mass is 288 g/mol. The van der Waals surface area contributed by atoms with E-state index in [1.54, 1.807) is 7.11 Å². The molecule has 1 N–H and O–H groups in total. The molecule has 0 radical (unpaired) electrons. The van der Waals surface area contributed by atoms with Crippen LogP contribution in [0.1, 0.15) is 44.9 Å². The van der Waals surface area contributed by atoms with Crippen LogP contribution in [0.4, 0.5) is 0 Å². The summed E-state index contributed by atoms with van der Waals surface area (Å²) in [6, 6.07) is 7.72. The zero-order valence-electron chi connectivity index (χ0n) is 13.4. The Hall–Kier alpha value is -1.97. The molecule has 21 heavy (non-hydrogen) atoms. The minimum Gasteiger partial charge on any atom is -0.497 e. The number of aromatic amines is 1. The van der Waals surface area contributed by atoms with Gasteiger partial charge in [-0.3, -0.25) is 14.6 Å². The summed E-state index contributed by atoms with van der Waals surface area (Å²) in [5.41, 5.74) is 2.93. The maximum absolute atomic E-state index is 12.3. The Kier molecular flexibility index (Phi) is 4.56. The van der Waals surface area contributed by atoms with Gasteiger partial charge in [0.1, 0.15) is 5.75 Å². The molecule has 0 bridgehead atoms. The average Bonchev–Trinajstić information content (AvgIpc) is 2.75. The van der Waals surface area contributed by atoms with Gasteiger partial charge in [0.2, 0.25) is 0 Å². The maximum atomic E-state index is 12.3. The maximum Gasteiger partial charge on any atom is 0.267 e. The van der Waals surface area contributed by atoms with Crippen LogP contribution in [0.15, 0.2) is 29.1 Å². The molecule has 114 valence electrons. The second-order valence-corrected chi connectivity index (χ2v) is 6.09. The van der Waals surface area contributed by atoms with Crippen LogP contribution < -0.4 is 10.3 Å². The van der Waals surface area contributed by atoms with Gasteiger partial charge in [0.15, 0.2) is 0 Å². The fraction of sp³-hybridized carbons (Fsp3) is 0.471. The normalized spacial score (nSPS) is 11.4. The molecule has 1 aromatic carbocycles. The number of nitrogens with zero attached hydrogens (tertiary/aromatic N) is 1. The number of hydrogen-bond acceptors (Lipinski definition) is 2. The summed E-state index contributed by atoms with van der Waals surface area (Å²) in [6.07, 6.45) is 0.798. The van der Waals surface area contributed by atoms with E-state index in [2.05, 4.69) is 32.8 Å². The van der Waals surface area contributed by atoms with E-state index < -0.39 is 0 Å². The first-order valence-electron chi connectivity index (χ1n) is 7.42. The number of nitrogens with one attached hydrogen (secondary N) is 1. The van der Waals surface area contributed by atoms with Crippen molar-refractivity contribution >= 4 is 0 Å². The SMILES string of the molecule is COc1ccc(-n2[nH]c(=O)c(CC(C)C)c2C(C)C)cc1. The van der Waals surface area contributed by atoms with Gasteiger partial charge in [0.05, 0.1) is 18.5 Å². The summed E-state index contributed by atoms with van der Waals surface area (Å²) in [7, 11) is 1.65. The van der Waals surface area contributed by atoms with Crippen LogP contribution in [0.3, 0.4) is 0 Å². The third kappa shape index (κ3) is 3.20. The lowest BCUT2D eigenvalue weighted by Crippen LogP contribution is -2.10. The van der Waals surface area contributed by atoms with Gasteiger partial charge in [-0.05, 0) is 42.5 Å². The Balaban J connectivity index is 2.54. The minimum absolute atomic E-state index is 0.0169. The second kappa shape index (κ2) is 6.20. The zero-order chi connectivity index (χ0) is 15.6. The Morgan fingerprint density at radius 3 is 2.24 bits per heavy atom. The molecule has 2 rings (SSSR count). The topological polar surface area (TPSA) is 47.0 Å². The molecule has 4 nitrogen and oxygen atoms in total. The van der Waals surface area contributed by atoms with Gasteiger partial charge in [-0.2, -0.15) is 0 Å². The molecule has 0 aliphatic rings. The molecule has 0 aliphatic heterocycles. The number of hydrogen-bond donors (Lipinski definition) is 1. The molecule has 1 heterocycles. The molecule has 0 amide bonds. The summed E-state index contributed by atoms with van der Waals surface area (Å²) >= 11 is 0. The van der Waals surface area contributed by atoms with Gasteiger partial charge < -0.3 is 4.74 Å². The number of H-pyrrole nitrogens is 1. The molecular formula is C17H24N2O2. The van der Waals surface area contributed by atoms with E-state index in [1.165, 1.54) is 0 Å². The highest BCUT2D eigenvalue weighted by atomic mass is 16.5. The number of benzene rings is 1. The highest BCUT2D eigenvalue weighted by Crippen LogP contribution is 2.23. The van der Waals surface area contributed by atoms with Crippen LogP contribution in [-0.4, -0.2) is 16.9 Å². The second-order valence-electron chi connectivity index (χ2n) is 6.09. The first-order valence-corrected chi connectivity index (χ1v) is 7.42. The lowest BCUT2D eigenvalue weighted by molar-refractivity contribution is 0.414. The Morgan fingerprint density at radius 1 is 1.14 bits per heavy atom. The Labute approximate surface area is 125 Å². The molecule has 0 unspecified atom stereocenters. The minimum atomic E-state index is 0.0169. The highest BCUT2D eigenvalue weighted by Gasteiger charge is 2.19. The van der Waals surface area contributed by atoms with E-state index in [-0.39, 0.29) is 11.5 Å². The predicted molar refractivity (Wildman–Crippen MR) is 85.6 cm³/mol. The van der Waals surface area contributed by atoms with Gasteiger partial charge in [0.25, 0.3) is 5.56 Å². The first kappa shape index (κ1) is 15.4. The van der Waals surface area contributed by atoms with Crippen molar-refractivity contribution in [2.24, 2.45) is 5.92 Å². The van der Waals surface area contributed by atoms with E-state index in [9.17, 15) is 4.79 Å².